The van der Waals surface area contributed by atoms with Gasteiger partial charge in [-0.05, 0) is 34.7 Å². The molecule has 5 nitrogen and oxygen atoms in total. The highest BCUT2D eigenvalue weighted by Crippen LogP contribution is 2.23. The van der Waals surface area contributed by atoms with Crippen molar-refractivity contribution in [2.24, 2.45) is 0 Å². The minimum atomic E-state index is -0.973. The maximum absolute atomic E-state index is 10.8. The zero-order chi connectivity index (χ0) is 11.5. The predicted octanol–water partition coefficient (Wildman–Crippen LogP) is 2.10. The van der Waals surface area contributed by atoms with Gasteiger partial charge < -0.3 is 9.84 Å². The average molecular weight is 330 g/mol. The van der Waals surface area contributed by atoms with Crippen LogP contribution in [-0.4, -0.2) is 25.9 Å². The van der Waals surface area contributed by atoms with Gasteiger partial charge in [-0.3, -0.25) is 0 Å². The first-order valence-electron chi connectivity index (χ1n) is 4.40. The molecule has 0 amide bonds. The van der Waals surface area contributed by atoms with E-state index in [0.717, 1.165) is 5.39 Å². The Balaban J connectivity index is 2.63. The third-order valence-corrected chi connectivity index (χ3v) is 2.38. The molecule has 1 heterocycles. The van der Waals surface area contributed by atoms with E-state index in [1.807, 2.05) is 22.6 Å². The van der Waals surface area contributed by atoms with E-state index in [9.17, 15) is 4.79 Å². The summed E-state index contributed by atoms with van der Waals surface area (Å²) in [6, 6.07) is 4.75. The molecule has 0 radical (unpaired) electrons. The largest absolute Gasteiger partial charge is 0.478 e. The van der Waals surface area contributed by atoms with Crippen molar-refractivity contribution in [2.45, 2.75) is 0 Å². The van der Waals surface area contributed by atoms with Gasteiger partial charge in [0, 0.05) is 10.8 Å². The summed E-state index contributed by atoms with van der Waals surface area (Å²) in [6.07, 6.45) is 1.57. The first-order chi connectivity index (χ1) is 7.72. The molecular weight excluding hydrogens is 323 g/mol. The fourth-order valence-electron chi connectivity index (χ4n) is 1.34. The molecule has 16 heavy (non-hydrogen) atoms. The zero-order valence-corrected chi connectivity index (χ0v) is 10.2. The van der Waals surface area contributed by atoms with E-state index in [-0.39, 0.29) is 5.56 Å². The van der Waals surface area contributed by atoms with Crippen molar-refractivity contribution in [3.63, 3.8) is 0 Å². The van der Waals surface area contributed by atoms with Gasteiger partial charge in [0.05, 0.1) is 11.8 Å². The molecule has 0 aliphatic heterocycles. The molecule has 82 valence electrons. The summed E-state index contributed by atoms with van der Waals surface area (Å²) in [6.45, 7) is 0. The van der Waals surface area contributed by atoms with Crippen LogP contribution in [0.2, 0.25) is 0 Å². The molecule has 1 N–H and O–H groups in total. The molecule has 1 aromatic heterocycles. The van der Waals surface area contributed by atoms with Crippen LogP contribution >= 0.6 is 22.6 Å². The number of aromatic nitrogens is 2. The number of hydrogen-bond donors (Lipinski definition) is 1. The predicted molar refractivity (Wildman–Crippen MR) is 66.0 cm³/mol. The van der Waals surface area contributed by atoms with Gasteiger partial charge in [-0.25, -0.2) is 4.79 Å². The van der Waals surface area contributed by atoms with E-state index >= 15 is 0 Å². The van der Waals surface area contributed by atoms with Gasteiger partial charge in [0.15, 0.2) is 0 Å². The van der Waals surface area contributed by atoms with Crippen LogP contribution in [0.25, 0.3) is 10.8 Å². The topological polar surface area (TPSA) is 72.3 Å². The van der Waals surface area contributed by atoms with E-state index in [4.69, 9.17) is 9.84 Å². The molecule has 0 aliphatic carbocycles. The Morgan fingerprint density at radius 2 is 2.31 bits per heavy atom. The average Bonchev–Trinajstić information content (AvgIpc) is 2.29. The fourth-order valence-corrected chi connectivity index (χ4v) is 1.64. The van der Waals surface area contributed by atoms with Crippen LogP contribution in [0.15, 0.2) is 24.4 Å². The van der Waals surface area contributed by atoms with Gasteiger partial charge in [0.25, 0.3) is 0 Å². The lowest BCUT2D eigenvalue weighted by Gasteiger charge is -2.04. The number of rotatable bonds is 3. The quantitative estimate of drug-likeness (QED) is 0.689. The SMILES string of the molecule is O=C(O)c1ccc2cnnc(OCI)c2c1. The molecule has 0 spiro atoms. The highest BCUT2D eigenvalue weighted by atomic mass is 127. The maximum atomic E-state index is 10.8. The first kappa shape index (κ1) is 11.1. The van der Waals surface area contributed by atoms with Crippen LogP contribution in [-0.2, 0) is 0 Å². The summed E-state index contributed by atoms with van der Waals surface area (Å²) >= 11 is 2.04. The maximum Gasteiger partial charge on any atom is 0.335 e. The summed E-state index contributed by atoms with van der Waals surface area (Å²) in [7, 11) is 0. The molecule has 0 saturated heterocycles. The molecule has 6 heteroatoms. The number of fused-ring (bicyclic) bond motifs is 1. The molecular formula is C10H7IN2O3. The smallest absolute Gasteiger partial charge is 0.335 e. The highest BCUT2D eigenvalue weighted by molar-refractivity contribution is 14.1. The minimum absolute atomic E-state index is 0.207. The van der Waals surface area contributed by atoms with Crippen molar-refractivity contribution in [2.75, 3.05) is 4.61 Å². The van der Waals surface area contributed by atoms with Crippen LogP contribution in [0, 0.1) is 0 Å². The van der Waals surface area contributed by atoms with Crippen molar-refractivity contribution in [3.05, 3.63) is 30.0 Å². The normalized spacial score (nSPS) is 10.3. The summed E-state index contributed by atoms with van der Waals surface area (Å²) in [5.41, 5.74) is 0.207. The number of carbonyl (C=O) groups is 1. The third-order valence-electron chi connectivity index (χ3n) is 2.07. The van der Waals surface area contributed by atoms with E-state index < -0.39 is 5.97 Å². The standard InChI is InChI=1S/C10H7IN2O3/c11-5-16-9-8-3-6(10(14)15)1-2-7(8)4-12-13-9/h1-4H,5H2,(H,14,15). The van der Waals surface area contributed by atoms with Gasteiger partial charge >= 0.3 is 5.97 Å². The second-order valence-electron chi connectivity index (χ2n) is 3.01. The van der Waals surface area contributed by atoms with Crippen molar-refractivity contribution >= 4 is 39.3 Å². The molecule has 0 aliphatic rings. The van der Waals surface area contributed by atoms with Crippen LogP contribution < -0.4 is 4.74 Å². The lowest BCUT2D eigenvalue weighted by Crippen LogP contribution is -1.98. The van der Waals surface area contributed by atoms with Crippen LogP contribution in [0.4, 0.5) is 0 Å². The summed E-state index contributed by atoms with van der Waals surface area (Å²) in [5, 5.41) is 18.0. The van der Waals surface area contributed by atoms with Crippen molar-refractivity contribution < 1.29 is 14.6 Å². The summed E-state index contributed by atoms with van der Waals surface area (Å²) in [4.78, 5) is 10.8. The first-order valence-corrected chi connectivity index (χ1v) is 5.92. The zero-order valence-electron chi connectivity index (χ0n) is 8.05. The Labute approximate surface area is 105 Å². The van der Waals surface area contributed by atoms with E-state index in [0.29, 0.717) is 15.9 Å². The van der Waals surface area contributed by atoms with Crippen LogP contribution in [0.3, 0.4) is 0 Å². The number of ether oxygens (including phenoxy) is 1. The number of hydrogen-bond acceptors (Lipinski definition) is 4. The molecule has 0 unspecified atom stereocenters. The second-order valence-corrected chi connectivity index (χ2v) is 3.63. The van der Waals surface area contributed by atoms with Gasteiger partial charge in [-0.15, -0.1) is 5.10 Å². The Morgan fingerprint density at radius 3 is 3.00 bits per heavy atom. The summed E-state index contributed by atoms with van der Waals surface area (Å²) in [5.74, 6) is -0.617. The molecule has 2 rings (SSSR count). The van der Waals surface area contributed by atoms with E-state index in [1.165, 1.54) is 12.1 Å². The molecule has 0 atom stereocenters. The van der Waals surface area contributed by atoms with E-state index in [1.54, 1.807) is 12.3 Å². The molecule has 0 fully saturated rings. The van der Waals surface area contributed by atoms with Gasteiger partial charge in [0.1, 0.15) is 4.61 Å². The molecule has 0 bridgehead atoms. The minimum Gasteiger partial charge on any atom is -0.478 e. The van der Waals surface area contributed by atoms with Crippen molar-refractivity contribution in [1.82, 2.24) is 10.2 Å². The Bertz CT molecular complexity index is 545. The van der Waals surface area contributed by atoms with Crippen LogP contribution in [0.1, 0.15) is 10.4 Å². The van der Waals surface area contributed by atoms with Gasteiger partial charge in [-0.1, -0.05) is 6.07 Å². The fraction of sp³-hybridized carbons (Fsp3) is 0.100. The number of alkyl halides is 1. The Kier molecular flexibility index (Phi) is 3.18. The van der Waals surface area contributed by atoms with Crippen molar-refractivity contribution in [1.29, 1.82) is 0 Å². The van der Waals surface area contributed by atoms with Crippen LogP contribution in [0.5, 0.6) is 5.88 Å². The molecule has 0 saturated carbocycles. The number of halogens is 1. The van der Waals surface area contributed by atoms with Gasteiger partial charge in [0.2, 0.25) is 5.88 Å². The molecule has 1 aromatic carbocycles. The molecule has 2 aromatic rings. The third kappa shape index (κ3) is 2.06. The number of carboxylic acids is 1. The Morgan fingerprint density at radius 1 is 1.50 bits per heavy atom. The van der Waals surface area contributed by atoms with E-state index in [2.05, 4.69) is 10.2 Å². The number of benzene rings is 1. The van der Waals surface area contributed by atoms with Crippen molar-refractivity contribution in [3.8, 4) is 5.88 Å². The highest BCUT2D eigenvalue weighted by Gasteiger charge is 2.08. The monoisotopic (exact) mass is 330 g/mol. The lowest BCUT2D eigenvalue weighted by molar-refractivity contribution is 0.0697. The Hall–Kier alpha value is -1.44. The number of carboxylic acid groups (broad SMARTS) is 1. The second kappa shape index (κ2) is 4.60. The number of nitrogens with zero attached hydrogens (tertiary/aromatic N) is 2. The number of aromatic carboxylic acids is 1. The summed E-state index contributed by atoms with van der Waals surface area (Å²) < 4.78 is 5.71. The van der Waals surface area contributed by atoms with Gasteiger partial charge in [-0.2, -0.15) is 5.10 Å². The lowest BCUT2D eigenvalue weighted by atomic mass is 10.1.